The summed E-state index contributed by atoms with van der Waals surface area (Å²) >= 11 is 3.36. The molecule has 0 atom stereocenters. The molecule has 0 saturated carbocycles. The van der Waals surface area contributed by atoms with Crippen LogP contribution >= 0.6 is 23.5 Å². The molecule has 2 aromatic rings. The molecule has 1 aromatic heterocycles. The summed E-state index contributed by atoms with van der Waals surface area (Å²) in [5.41, 5.74) is 1.41. The maximum Gasteiger partial charge on any atom is 0.373 e. The van der Waals surface area contributed by atoms with E-state index < -0.39 is 11.9 Å². The van der Waals surface area contributed by atoms with Crippen LogP contribution in [0.15, 0.2) is 45.8 Å². The minimum Gasteiger partial charge on any atom is -0.463 e. The van der Waals surface area contributed by atoms with Gasteiger partial charge in [0.25, 0.3) is 0 Å². The van der Waals surface area contributed by atoms with Gasteiger partial charge in [-0.25, -0.2) is 9.59 Å². The summed E-state index contributed by atoms with van der Waals surface area (Å²) < 4.78 is 16.2. The second kappa shape index (κ2) is 8.95. The molecule has 0 aliphatic carbocycles. The summed E-state index contributed by atoms with van der Waals surface area (Å²) in [6.07, 6.45) is 0. The van der Waals surface area contributed by atoms with Gasteiger partial charge in [-0.05, 0) is 23.8 Å². The minimum absolute atomic E-state index is 0.0557. The van der Waals surface area contributed by atoms with Gasteiger partial charge in [-0.15, -0.1) is 0 Å². The van der Waals surface area contributed by atoms with Gasteiger partial charge < -0.3 is 13.9 Å². The first-order valence-corrected chi connectivity index (χ1v) is 9.86. The van der Waals surface area contributed by atoms with E-state index in [2.05, 4.69) is 9.73 Å². The Bertz CT molecular complexity index is 830. The van der Waals surface area contributed by atoms with Crippen molar-refractivity contribution in [2.45, 2.75) is 12.4 Å². The molecule has 0 unspecified atom stereocenters. The van der Waals surface area contributed by atoms with Crippen molar-refractivity contribution >= 4 is 39.8 Å². The van der Waals surface area contributed by atoms with E-state index in [-0.39, 0.29) is 12.4 Å². The highest BCUT2D eigenvalue weighted by atomic mass is 32.2. The molecule has 0 amide bonds. The van der Waals surface area contributed by atoms with Crippen molar-refractivity contribution in [3.8, 4) is 0 Å². The number of thioether (sulfide) groups is 2. The number of nitrogens with zero attached hydrogens (tertiary/aromatic N) is 1. The molecule has 2 heterocycles. The number of hydrogen-bond donors (Lipinski definition) is 0. The minimum atomic E-state index is -0.572. The van der Waals surface area contributed by atoms with Gasteiger partial charge in [-0.1, -0.05) is 41.7 Å². The fourth-order valence-electron chi connectivity index (χ4n) is 2.27. The van der Waals surface area contributed by atoms with E-state index in [0.717, 1.165) is 22.2 Å². The van der Waals surface area contributed by atoms with Gasteiger partial charge in [-0.2, -0.15) is 0 Å². The van der Waals surface area contributed by atoms with Crippen molar-refractivity contribution in [2.24, 2.45) is 4.99 Å². The summed E-state index contributed by atoms with van der Waals surface area (Å²) in [6.45, 7) is 0.799. The molecule has 0 fully saturated rings. The second-order valence-corrected chi connectivity index (χ2v) is 7.58. The molecule has 26 heavy (non-hydrogen) atoms. The van der Waals surface area contributed by atoms with E-state index in [0.29, 0.717) is 17.1 Å². The number of aliphatic imine (C=N–C) groups is 1. The Morgan fingerprint density at radius 1 is 1.23 bits per heavy atom. The van der Waals surface area contributed by atoms with Crippen LogP contribution in [0.5, 0.6) is 0 Å². The van der Waals surface area contributed by atoms with E-state index in [1.165, 1.54) is 13.2 Å². The zero-order valence-corrected chi connectivity index (χ0v) is 15.7. The lowest BCUT2D eigenvalue weighted by Crippen LogP contribution is -2.08. The van der Waals surface area contributed by atoms with Crippen LogP contribution in [0.25, 0.3) is 0 Å². The molecule has 0 N–H and O–H groups in total. The average Bonchev–Trinajstić information content (AvgIpc) is 3.36. The Balaban J connectivity index is 1.60. The first-order valence-electron chi connectivity index (χ1n) is 7.89. The first kappa shape index (κ1) is 18.6. The Kier molecular flexibility index (Phi) is 6.40. The lowest BCUT2D eigenvalue weighted by atomic mass is 10.1. The summed E-state index contributed by atoms with van der Waals surface area (Å²) in [5, 5.41) is 0. The molecule has 1 aliphatic rings. The molecule has 1 aliphatic heterocycles. The van der Waals surface area contributed by atoms with Gasteiger partial charge in [-0.3, -0.25) is 4.99 Å². The monoisotopic (exact) mass is 391 g/mol. The Hall–Kier alpha value is -2.19. The molecule has 1 aromatic carbocycles. The van der Waals surface area contributed by atoms with E-state index in [1.807, 2.05) is 12.1 Å². The zero-order chi connectivity index (χ0) is 18.4. The maximum absolute atomic E-state index is 12.4. The average molecular weight is 391 g/mol. The zero-order valence-electron chi connectivity index (χ0n) is 14.1. The first-order chi connectivity index (χ1) is 12.7. The number of carbonyl (C=O) groups is 2. The smallest absolute Gasteiger partial charge is 0.373 e. The van der Waals surface area contributed by atoms with Crippen molar-refractivity contribution in [3.63, 3.8) is 0 Å². The predicted molar refractivity (Wildman–Crippen MR) is 102 cm³/mol. The largest absolute Gasteiger partial charge is 0.463 e. The van der Waals surface area contributed by atoms with Crippen LogP contribution in [-0.2, 0) is 21.8 Å². The van der Waals surface area contributed by atoms with Crippen LogP contribution in [0, 0.1) is 0 Å². The highest BCUT2D eigenvalue weighted by Crippen LogP contribution is 2.26. The Morgan fingerprint density at radius 3 is 2.85 bits per heavy atom. The standard InChI is InChI=1S/C18H17NO5S2/c1-22-17(21)15-7-6-13(24-15)10-23-16(20)14-5-3-2-4-12(14)11-26-18-19-8-9-25-18/h2-7H,8-11H2,1H3. The molecule has 8 heteroatoms. The molecule has 6 nitrogen and oxygen atoms in total. The number of methoxy groups -OCH3 is 1. The number of carbonyl (C=O) groups excluding carboxylic acids is 2. The van der Waals surface area contributed by atoms with Crippen LogP contribution in [-0.4, -0.2) is 35.7 Å². The highest BCUT2D eigenvalue weighted by molar-refractivity contribution is 8.38. The van der Waals surface area contributed by atoms with E-state index in [4.69, 9.17) is 9.15 Å². The Morgan fingerprint density at radius 2 is 2.08 bits per heavy atom. The second-order valence-electron chi connectivity index (χ2n) is 5.28. The van der Waals surface area contributed by atoms with Gasteiger partial charge in [0.2, 0.25) is 5.76 Å². The van der Waals surface area contributed by atoms with E-state index in [1.54, 1.807) is 41.7 Å². The number of hydrogen-bond acceptors (Lipinski definition) is 8. The van der Waals surface area contributed by atoms with Gasteiger partial charge >= 0.3 is 11.9 Å². The maximum atomic E-state index is 12.4. The lowest BCUT2D eigenvalue weighted by molar-refractivity contribution is 0.0437. The third-order valence-corrected chi connectivity index (χ3v) is 5.84. The van der Waals surface area contributed by atoms with Crippen molar-refractivity contribution in [2.75, 3.05) is 19.4 Å². The Labute approximate surface area is 159 Å². The van der Waals surface area contributed by atoms with Crippen molar-refractivity contribution in [3.05, 3.63) is 59.0 Å². The number of rotatable bonds is 6. The lowest BCUT2D eigenvalue weighted by Gasteiger charge is -2.08. The highest BCUT2D eigenvalue weighted by Gasteiger charge is 2.16. The molecule has 136 valence electrons. The van der Waals surface area contributed by atoms with Gasteiger partial charge in [0, 0.05) is 11.5 Å². The predicted octanol–water partition coefficient (Wildman–Crippen LogP) is 3.76. The van der Waals surface area contributed by atoms with Crippen molar-refractivity contribution < 1.29 is 23.5 Å². The molecule has 0 spiro atoms. The summed E-state index contributed by atoms with van der Waals surface area (Å²) in [7, 11) is 1.27. The number of esters is 2. The fraction of sp³-hybridized carbons (Fsp3) is 0.278. The molecule has 0 bridgehead atoms. The number of furan rings is 1. The molecular weight excluding hydrogens is 374 g/mol. The van der Waals surface area contributed by atoms with Crippen LogP contribution in [0.4, 0.5) is 0 Å². The summed E-state index contributed by atoms with van der Waals surface area (Å²) in [5.74, 6) is 1.12. The van der Waals surface area contributed by atoms with Crippen LogP contribution in [0.1, 0.15) is 32.2 Å². The van der Waals surface area contributed by atoms with Crippen molar-refractivity contribution in [1.29, 1.82) is 0 Å². The quantitative estimate of drug-likeness (QED) is 0.694. The van der Waals surface area contributed by atoms with Crippen molar-refractivity contribution in [1.82, 2.24) is 0 Å². The summed E-state index contributed by atoms with van der Waals surface area (Å²) in [6, 6.07) is 10.4. The third-order valence-electron chi connectivity index (χ3n) is 3.54. The molecular formula is C18H17NO5S2. The SMILES string of the molecule is COC(=O)c1ccc(COC(=O)c2ccccc2CSC2=NCCS2)o1. The summed E-state index contributed by atoms with van der Waals surface area (Å²) in [4.78, 5) is 28.2. The van der Waals surface area contributed by atoms with Gasteiger partial charge in [0.15, 0.2) is 0 Å². The molecule has 0 saturated heterocycles. The fourth-order valence-corrected chi connectivity index (χ4v) is 4.28. The molecule has 3 rings (SSSR count). The topological polar surface area (TPSA) is 78.1 Å². The number of ether oxygens (including phenoxy) is 2. The van der Waals surface area contributed by atoms with Crippen LogP contribution in [0.2, 0.25) is 0 Å². The normalized spacial score (nSPS) is 13.3. The van der Waals surface area contributed by atoms with E-state index >= 15 is 0 Å². The third kappa shape index (κ3) is 4.70. The number of benzene rings is 1. The van der Waals surface area contributed by atoms with Gasteiger partial charge in [0.05, 0.1) is 19.2 Å². The van der Waals surface area contributed by atoms with Crippen LogP contribution in [0.3, 0.4) is 0 Å². The molecule has 0 radical (unpaired) electrons. The van der Waals surface area contributed by atoms with E-state index in [9.17, 15) is 9.59 Å². The van der Waals surface area contributed by atoms with Crippen LogP contribution < -0.4 is 0 Å². The van der Waals surface area contributed by atoms with Gasteiger partial charge in [0.1, 0.15) is 16.7 Å².